The van der Waals surface area contributed by atoms with Gasteiger partial charge in [0, 0.05) is 18.1 Å². The molecule has 0 radical (unpaired) electrons. The lowest BCUT2D eigenvalue weighted by Crippen LogP contribution is -2.39. The van der Waals surface area contributed by atoms with Gasteiger partial charge in [-0.1, -0.05) is 18.2 Å². The predicted molar refractivity (Wildman–Crippen MR) is 61.9 cm³/mol. The van der Waals surface area contributed by atoms with Crippen molar-refractivity contribution in [2.75, 3.05) is 39.3 Å². The number of carbonyl (C=O) groups excluding carboxylic acids is 1. The molecule has 86 valence electrons. The lowest BCUT2D eigenvalue weighted by molar-refractivity contribution is -0.122. The third kappa shape index (κ3) is 5.77. The summed E-state index contributed by atoms with van der Waals surface area (Å²) in [6.45, 7) is 8.21. The number of hydrogen-bond acceptors (Lipinski definition) is 3. The lowest BCUT2D eigenvalue weighted by Gasteiger charge is -2.18. The third-order valence-corrected chi connectivity index (χ3v) is 2.41. The first-order valence-electron chi connectivity index (χ1n) is 5.21. The average Bonchev–Trinajstić information content (AvgIpc) is 2.43. The molecular formula is C10H18ClN3O. The topological polar surface area (TPSA) is 44.4 Å². The fourth-order valence-corrected chi connectivity index (χ4v) is 1.58. The Morgan fingerprint density at radius 1 is 1.47 bits per heavy atom. The molecule has 0 spiro atoms. The van der Waals surface area contributed by atoms with Crippen molar-refractivity contribution in [2.45, 2.75) is 6.42 Å². The molecule has 4 nitrogen and oxygen atoms in total. The molecule has 1 aliphatic rings. The number of amides is 1. The summed E-state index contributed by atoms with van der Waals surface area (Å²) in [5.41, 5.74) is 0. The summed E-state index contributed by atoms with van der Waals surface area (Å²) in [6.07, 6.45) is 1.09. The van der Waals surface area contributed by atoms with Crippen LogP contribution in [0.2, 0.25) is 0 Å². The first-order chi connectivity index (χ1) is 7.18. The highest BCUT2D eigenvalue weighted by Gasteiger charge is 2.11. The van der Waals surface area contributed by atoms with Crippen LogP contribution in [0.5, 0.6) is 0 Å². The minimum absolute atomic E-state index is 0.0127. The Kier molecular flexibility index (Phi) is 5.68. The molecule has 1 amide bonds. The van der Waals surface area contributed by atoms with Crippen molar-refractivity contribution >= 4 is 17.5 Å². The van der Waals surface area contributed by atoms with Crippen molar-refractivity contribution in [1.29, 1.82) is 0 Å². The molecule has 15 heavy (non-hydrogen) atoms. The monoisotopic (exact) mass is 231 g/mol. The number of rotatable bonds is 4. The summed E-state index contributed by atoms with van der Waals surface area (Å²) in [5.74, 6) is 0.0127. The molecule has 0 aromatic heterocycles. The van der Waals surface area contributed by atoms with Crippen molar-refractivity contribution in [3.63, 3.8) is 0 Å². The van der Waals surface area contributed by atoms with E-state index in [1.165, 1.54) is 0 Å². The molecule has 0 unspecified atom stereocenters. The van der Waals surface area contributed by atoms with Crippen molar-refractivity contribution < 1.29 is 4.79 Å². The summed E-state index contributed by atoms with van der Waals surface area (Å²) in [7, 11) is 0. The SMILES string of the molecule is C=C(Cl)CNC(=O)CN1CCCNCC1. The molecule has 0 aromatic carbocycles. The second-order valence-corrected chi connectivity index (χ2v) is 4.21. The Hall–Kier alpha value is -0.580. The van der Waals surface area contributed by atoms with Gasteiger partial charge in [-0.25, -0.2) is 0 Å². The van der Waals surface area contributed by atoms with E-state index >= 15 is 0 Å². The van der Waals surface area contributed by atoms with Crippen LogP contribution in [-0.4, -0.2) is 50.1 Å². The number of nitrogens with zero attached hydrogens (tertiary/aromatic N) is 1. The van der Waals surface area contributed by atoms with Crippen LogP contribution in [0.3, 0.4) is 0 Å². The molecule has 2 N–H and O–H groups in total. The summed E-state index contributed by atoms with van der Waals surface area (Å²) >= 11 is 5.56. The standard InChI is InChI=1S/C10H18ClN3O/c1-9(11)7-13-10(15)8-14-5-2-3-12-4-6-14/h12H,1-8H2,(H,13,15). The van der Waals surface area contributed by atoms with Gasteiger partial charge in [-0.15, -0.1) is 0 Å². The molecule has 1 heterocycles. The first kappa shape index (κ1) is 12.5. The Morgan fingerprint density at radius 3 is 3.00 bits per heavy atom. The van der Waals surface area contributed by atoms with E-state index in [2.05, 4.69) is 22.1 Å². The third-order valence-electron chi connectivity index (χ3n) is 2.28. The van der Waals surface area contributed by atoms with E-state index in [1.807, 2.05) is 0 Å². The van der Waals surface area contributed by atoms with Crippen LogP contribution in [0, 0.1) is 0 Å². The second kappa shape index (κ2) is 6.82. The number of carbonyl (C=O) groups is 1. The smallest absolute Gasteiger partial charge is 0.234 e. The highest BCUT2D eigenvalue weighted by Crippen LogP contribution is 1.96. The molecule has 0 atom stereocenters. The minimum atomic E-state index is 0.0127. The van der Waals surface area contributed by atoms with Crippen LogP contribution in [0.15, 0.2) is 11.6 Å². The van der Waals surface area contributed by atoms with Crippen molar-refractivity contribution in [3.05, 3.63) is 11.6 Å². The highest BCUT2D eigenvalue weighted by atomic mass is 35.5. The normalized spacial score (nSPS) is 18.2. The van der Waals surface area contributed by atoms with Gasteiger partial charge in [0.05, 0.1) is 13.1 Å². The first-order valence-corrected chi connectivity index (χ1v) is 5.59. The average molecular weight is 232 g/mol. The molecule has 1 fully saturated rings. The van der Waals surface area contributed by atoms with Crippen LogP contribution < -0.4 is 10.6 Å². The Morgan fingerprint density at radius 2 is 2.27 bits per heavy atom. The molecule has 1 aliphatic heterocycles. The Labute approximate surface area is 95.7 Å². The van der Waals surface area contributed by atoms with E-state index in [0.29, 0.717) is 18.1 Å². The van der Waals surface area contributed by atoms with Gasteiger partial charge >= 0.3 is 0 Å². The zero-order valence-electron chi connectivity index (χ0n) is 8.89. The summed E-state index contributed by atoms with van der Waals surface area (Å²) in [6, 6.07) is 0. The van der Waals surface area contributed by atoms with E-state index in [-0.39, 0.29) is 5.91 Å². The molecule has 0 saturated carbocycles. The van der Waals surface area contributed by atoms with Gasteiger partial charge in [-0.2, -0.15) is 0 Å². The van der Waals surface area contributed by atoms with Crippen molar-refractivity contribution in [3.8, 4) is 0 Å². The van der Waals surface area contributed by atoms with Gasteiger partial charge in [0.15, 0.2) is 0 Å². The molecular weight excluding hydrogens is 214 g/mol. The summed E-state index contributed by atoms with van der Waals surface area (Å²) in [5, 5.41) is 6.47. The summed E-state index contributed by atoms with van der Waals surface area (Å²) < 4.78 is 0. The zero-order chi connectivity index (χ0) is 11.1. The minimum Gasteiger partial charge on any atom is -0.350 e. The number of hydrogen-bond donors (Lipinski definition) is 2. The molecule has 0 aliphatic carbocycles. The van der Waals surface area contributed by atoms with Crippen LogP contribution in [0.4, 0.5) is 0 Å². The van der Waals surface area contributed by atoms with Crippen LogP contribution >= 0.6 is 11.6 Å². The Balaban J connectivity index is 2.20. The Bertz CT molecular complexity index is 225. The van der Waals surface area contributed by atoms with E-state index < -0.39 is 0 Å². The number of nitrogens with one attached hydrogen (secondary N) is 2. The van der Waals surface area contributed by atoms with E-state index in [4.69, 9.17) is 11.6 Å². The highest BCUT2D eigenvalue weighted by molar-refractivity contribution is 6.29. The predicted octanol–water partition coefficient (Wildman–Crippen LogP) is 0.150. The maximum absolute atomic E-state index is 11.5. The van der Waals surface area contributed by atoms with E-state index in [0.717, 1.165) is 32.6 Å². The fourth-order valence-electron chi connectivity index (χ4n) is 1.51. The van der Waals surface area contributed by atoms with Crippen LogP contribution in [0.25, 0.3) is 0 Å². The molecule has 0 bridgehead atoms. The van der Waals surface area contributed by atoms with Gasteiger partial charge in [0.1, 0.15) is 0 Å². The van der Waals surface area contributed by atoms with Crippen LogP contribution in [0.1, 0.15) is 6.42 Å². The molecule has 1 saturated heterocycles. The molecule has 1 rings (SSSR count). The zero-order valence-corrected chi connectivity index (χ0v) is 9.65. The van der Waals surface area contributed by atoms with Gasteiger partial charge < -0.3 is 10.6 Å². The van der Waals surface area contributed by atoms with Crippen molar-refractivity contribution in [1.82, 2.24) is 15.5 Å². The van der Waals surface area contributed by atoms with Gasteiger partial charge in [-0.3, -0.25) is 9.69 Å². The van der Waals surface area contributed by atoms with Crippen LogP contribution in [-0.2, 0) is 4.79 Å². The summed E-state index contributed by atoms with van der Waals surface area (Å²) in [4.78, 5) is 13.6. The quantitative estimate of drug-likeness (QED) is 0.724. The lowest BCUT2D eigenvalue weighted by atomic mass is 10.4. The largest absolute Gasteiger partial charge is 0.350 e. The van der Waals surface area contributed by atoms with Gasteiger partial charge in [0.25, 0.3) is 0 Å². The van der Waals surface area contributed by atoms with Crippen molar-refractivity contribution in [2.24, 2.45) is 0 Å². The van der Waals surface area contributed by atoms with Gasteiger partial charge in [-0.05, 0) is 19.5 Å². The maximum Gasteiger partial charge on any atom is 0.234 e. The van der Waals surface area contributed by atoms with E-state index in [1.54, 1.807) is 0 Å². The fraction of sp³-hybridized carbons (Fsp3) is 0.700. The molecule has 0 aromatic rings. The maximum atomic E-state index is 11.5. The molecule has 5 heteroatoms. The number of halogens is 1. The second-order valence-electron chi connectivity index (χ2n) is 3.67. The van der Waals surface area contributed by atoms with Gasteiger partial charge in [0.2, 0.25) is 5.91 Å². The van der Waals surface area contributed by atoms with E-state index in [9.17, 15) is 4.79 Å².